The van der Waals surface area contributed by atoms with Gasteiger partial charge in [-0.1, -0.05) is 59.6 Å². The minimum atomic E-state index is -4.04. The third-order valence-electron chi connectivity index (χ3n) is 7.24. The van der Waals surface area contributed by atoms with Gasteiger partial charge in [0, 0.05) is 10.0 Å². The second kappa shape index (κ2) is 11.0. The van der Waals surface area contributed by atoms with Gasteiger partial charge >= 0.3 is 5.97 Å². The average Bonchev–Trinajstić information content (AvgIpc) is 3.23. The molecule has 12 heteroatoms. The lowest BCUT2D eigenvalue weighted by molar-refractivity contribution is -0.189. The summed E-state index contributed by atoms with van der Waals surface area (Å²) in [7, 11) is -4.04. The molecule has 2 aliphatic rings. The standard InChI is InChI=1S/C28H25Cl2FN2O6S/c1-16(28(35)36)25-27(34)33(21-14-32(40(37,38)15-21)23-8-3-2-7-22(23)31)24(17-9-11-19(29)12-10-17)26(39-25)18-5-4-6-20(30)13-18/h2-13,16,21,24-26H,14-15H2,1H3,(H,35,36)/t16-,21-,24-,25+,26-/m1/s1. The van der Waals surface area contributed by atoms with Gasteiger partial charge < -0.3 is 14.7 Å². The average molecular weight is 607 g/mol. The minimum absolute atomic E-state index is 0.129. The van der Waals surface area contributed by atoms with E-state index in [1.807, 2.05) is 0 Å². The number of aliphatic carboxylic acids is 1. The SMILES string of the molecule is C[C@@H](C(=O)O)[C@@H]1O[C@H](c2cccc(Cl)c2)[C@@H](c2ccc(Cl)cc2)N([C@@H]2CN(c3ccccc3F)S(=O)(=O)C2)C1=O. The number of ether oxygens (including phenoxy) is 1. The Morgan fingerprint density at radius 3 is 2.38 bits per heavy atom. The van der Waals surface area contributed by atoms with Gasteiger partial charge in [-0.05, 0) is 54.4 Å². The molecule has 2 aliphatic heterocycles. The second-order valence-electron chi connectivity index (χ2n) is 9.82. The van der Waals surface area contributed by atoms with Crippen molar-refractivity contribution in [3.8, 4) is 0 Å². The molecule has 0 radical (unpaired) electrons. The summed E-state index contributed by atoms with van der Waals surface area (Å²) in [5, 5.41) is 10.6. The molecule has 0 unspecified atom stereocenters. The van der Waals surface area contributed by atoms with Crippen LogP contribution in [0.15, 0.2) is 72.8 Å². The molecule has 0 spiro atoms. The van der Waals surface area contributed by atoms with Crippen molar-refractivity contribution in [1.82, 2.24) is 4.90 Å². The van der Waals surface area contributed by atoms with Crippen molar-refractivity contribution in [2.24, 2.45) is 5.92 Å². The van der Waals surface area contributed by atoms with E-state index in [1.54, 1.807) is 48.5 Å². The fourth-order valence-electron chi connectivity index (χ4n) is 5.29. The van der Waals surface area contributed by atoms with E-state index in [0.29, 0.717) is 21.2 Å². The number of para-hydroxylation sites is 1. The minimum Gasteiger partial charge on any atom is -0.481 e. The van der Waals surface area contributed by atoms with Crippen LogP contribution in [-0.2, 0) is 24.3 Å². The predicted octanol–water partition coefficient (Wildman–Crippen LogP) is 5.08. The summed E-state index contributed by atoms with van der Waals surface area (Å²) >= 11 is 12.4. The molecule has 2 heterocycles. The maximum atomic E-state index is 14.7. The molecule has 40 heavy (non-hydrogen) atoms. The molecule has 3 aromatic rings. The molecule has 1 N–H and O–H groups in total. The second-order valence-corrected chi connectivity index (χ2v) is 12.6. The molecule has 0 aromatic heterocycles. The summed E-state index contributed by atoms with van der Waals surface area (Å²) in [6.45, 7) is 1.13. The summed E-state index contributed by atoms with van der Waals surface area (Å²) in [5.74, 6) is -4.39. The number of amides is 1. The van der Waals surface area contributed by atoms with E-state index in [1.165, 1.54) is 30.0 Å². The first kappa shape index (κ1) is 28.4. The highest BCUT2D eigenvalue weighted by molar-refractivity contribution is 7.93. The first-order valence-electron chi connectivity index (χ1n) is 12.4. The Bertz CT molecular complexity index is 1550. The largest absolute Gasteiger partial charge is 0.481 e. The lowest BCUT2D eigenvalue weighted by Crippen LogP contribution is -2.58. The summed E-state index contributed by atoms with van der Waals surface area (Å²) < 4.78 is 48.6. The van der Waals surface area contributed by atoms with Crippen LogP contribution in [-0.4, -0.2) is 54.7 Å². The quantitative estimate of drug-likeness (QED) is 0.419. The lowest BCUT2D eigenvalue weighted by Gasteiger charge is -2.47. The first-order valence-corrected chi connectivity index (χ1v) is 14.8. The summed E-state index contributed by atoms with van der Waals surface area (Å²) in [6, 6.07) is 17.1. The number of hydrogen-bond acceptors (Lipinski definition) is 5. The van der Waals surface area contributed by atoms with Crippen LogP contribution in [0.2, 0.25) is 10.0 Å². The van der Waals surface area contributed by atoms with Gasteiger partial charge in [-0.3, -0.25) is 13.9 Å². The van der Waals surface area contributed by atoms with E-state index in [-0.39, 0.29) is 12.2 Å². The molecule has 3 aromatic carbocycles. The van der Waals surface area contributed by atoms with Crippen molar-refractivity contribution in [3.63, 3.8) is 0 Å². The zero-order valence-electron chi connectivity index (χ0n) is 21.2. The van der Waals surface area contributed by atoms with Crippen LogP contribution in [0.25, 0.3) is 0 Å². The van der Waals surface area contributed by atoms with E-state index in [4.69, 9.17) is 27.9 Å². The van der Waals surface area contributed by atoms with Crippen LogP contribution >= 0.6 is 23.2 Å². The van der Waals surface area contributed by atoms with E-state index in [2.05, 4.69) is 0 Å². The Balaban J connectivity index is 1.66. The maximum Gasteiger partial charge on any atom is 0.309 e. The third-order valence-corrected chi connectivity index (χ3v) is 9.55. The molecule has 5 atom stereocenters. The van der Waals surface area contributed by atoms with Crippen LogP contribution < -0.4 is 4.31 Å². The van der Waals surface area contributed by atoms with Gasteiger partial charge in [0.1, 0.15) is 18.0 Å². The van der Waals surface area contributed by atoms with E-state index < -0.39 is 63.7 Å². The molecule has 2 fully saturated rings. The zero-order chi connectivity index (χ0) is 28.8. The molecule has 210 valence electrons. The fraction of sp³-hybridized carbons (Fsp3) is 0.286. The molecule has 8 nitrogen and oxygen atoms in total. The van der Waals surface area contributed by atoms with E-state index in [9.17, 15) is 27.5 Å². The number of sulfonamides is 1. The summed E-state index contributed by atoms with van der Waals surface area (Å²) in [4.78, 5) is 27.5. The molecule has 0 saturated carbocycles. The van der Waals surface area contributed by atoms with Gasteiger partial charge in [0.05, 0.1) is 36.0 Å². The number of halogens is 3. The summed E-state index contributed by atoms with van der Waals surface area (Å²) in [5.41, 5.74) is 1.03. The lowest BCUT2D eigenvalue weighted by atomic mass is 9.88. The Kier molecular flexibility index (Phi) is 7.80. The van der Waals surface area contributed by atoms with Gasteiger partial charge in [0.15, 0.2) is 0 Å². The molecule has 0 aliphatic carbocycles. The van der Waals surface area contributed by atoms with Crippen LogP contribution in [0, 0.1) is 11.7 Å². The van der Waals surface area contributed by atoms with Crippen molar-refractivity contribution in [1.29, 1.82) is 0 Å². The number of rotatable bonds is 6. The van der Waals surface area contributed by atoms with Gasteiger partial charge in [-0.25, -0.2) is 12.8 Å². The fourth-order valence-corrected chi connectivity index (χ4v) is 7.39. The highest BCUT2D eigenvalue weighted by atomic mass is 35.5. The number of morpholine rings is 1. The number of carboxylic acids is 1. The Hall–Kier alpha value is -3.18. The van der Waals surface area contributed by atoms with Crippen LogP contribution in [0.1, 0.15) is 30.2 Å². The number of carbonyl (C=O) groups excluding carboxylic acids is 1. The van der Waals surface area contributed by atoms with Crippen molar-refractivity contribution >= 4 is 50.8 Å². The molecule has 2 saturated heterocycles. The molecular formula is C28H25Cl2FN2O6S. The van der Waals surface area contributed by atoms with Gasteiger partial charge in [-0.15, -0.1) is 0 Å². The number of carboxylic acid groups (broad SMARTS) is 1. The van der Waals surface area contributed by atoms with Crippen LogP contribution in [0.3, 0.4) is 0 Å². The Morgan fingerprint density at radius 2 is 1.73 bits per heavy atom. The number of benzene rings is 3. The maximum absolute atomic E-state index is 14.7. The summed E-state index contributed by atoms with van der Waals surface area (Å²) in [6.07, 6.45) is -2.33. The van der Waals surface area contributed by atoms with Gasteiger partial charge in [-0.2, -0.15) is 0 Å². The number of anilines is 1. The van der Waals surface area contributed by atoms with Crippen molar-refractivity contribution < 1.29 is 32.2 Å². The number of carbonyl (C=O) groups is 2. The first-order chi connectivity index (χ1) is 19.0. The normalized spacial score (nSPS) is 25.1. The number of hydrogen-bond donors (Lipinski definition) is 1. The third kappa shape index (κ3) is 5.28. The highest BCUT2D eigenvalue weighted by Gasteiger charge is 2.53. The van der Waals surface area contributed by atoms with Crippen molar-refractivity contribution in [2.45, 2.75) is 31.2 Å². The van der Waals surface area contributed by atoms with Crippen molar-refractivity contribution in [3.05, 3.63) is 99.8 Å². The van der Waals surface area contributed by atoms with E-state index in [0.717, 1.165) is 10.4 Å². The number of nitrogens with zero attached hydrogens (tertiary/aromatic N) is 2. The smallest absolute Gasteiger partial charge is 0.309 e. The van der Waals surface area contributed by atoms with Crippen LogP contribution in [0.4, 0.5) is 10.1 Å². The van der Waals surface area contributed by atoms with Gasteiger partial charge in [0.25, 0.3) is 5.91 Å². The molecule has 5 rings (SSSR count). The topological polar surface area (TPSA) is 104 Å². The highest BCUT2D eigenvalue weighted by Crippen LogP contribution is 2.46. The van der Waals surface area contributed by atoms with Gasteiger partial charge in [0.2, 0.25) is 10.0 Å². The molecule has 0 bridgehead atoms. The monoisotopic (exact) mass is 606 g/mol. The molecular weight excluding hydrogens is 582 g/mol. The predicted molar refractivity (Wildman–Crippen MR) is 148 cm³/mol. The zero-order valence-corrected chi connectivity index (χ0v) is 23.5. The Morgan fingerprint density at radius 1 is 1.02 bits per heavy atom. The molecule has 1 amide bonds. The van der Waals surface area contributed by atoms with E-state index >= 15 is 0 Å². The van der Waals surface area contributed by atoms with Crippen LogP contribution in [0.5, 0.6) is 0 Å². The van der Waals surface area contributed by atoms with Crippen molar-refractivity contribution in [2.75, 3.05) is 16.6 Å². The Labute approximate surface area is 240 Å².